The minimum Gasteiger partial charge on any atom is -0.395 e. The molecule has 0 radical (unpaired) electrons. The molecule has 2 rings (SSSR count). The van der Waals surface area contributed by atoms with Crippen molar-refractivity contribution in [2.75, 3.05) is 20.1 Å². The molecule has 1 aliphatic rings. The Morgan fingerprint density at radius 1 is 1.47 bits per heavy atom. The van der Waals surface area contributed by atoms with E-state index in [4.69, 9.17) is 4.42 Å². The van der Waals surface area contributed by atoms with E-state index >= 15 is 0 Å². The van der Waals surface area contributed by atoms with E-state index in [1.165, 1.54) is 12.1 Å². The Labute approximate surface area is 116 Å². The second-order valence-electron chi connectivity index (χ2n) is 4.25. The molecule has 0 bridgehead atoms. The summed E-state index contributed by atoms with van der Waals surface area (Å²) in [6.07, 6.45) is 1.76. The van der Waals surface area contributed by atoms with Crippen LogP contribution in [0.25, 0.3) is 0 Å². The summed E-state index contributed by atoms with van der Waals surface area (Å²) in [6.45, 7) is 1.28. The van der Waals surface area contributed by atoms with E-state index in [0.29, 0.717) is 19.1 Å². The highest BCUT2D eigenvalue weighted by Crippen LogP contribution is 2.19. The van der Waals surface area contributed by atoms with Crippen LogP contribution in [0.3, 0.4) is 0 Å². The highest BCUT2D eigenvalue weighted by atomic mass is 35.5. The number of likely N-dealkylation sites (tertiary alicyclic amines) is 1. The number of carbonyl (C=O) groups excluding carboxylic acids is 1. The van der Waals surface area contributed by atoms with Gasteiger partial charge in [-0.3, -0.25) is 14.9 Å². The van der Waals surface area contributed by atoms with E-state index in [0.717, 1.165) is 12.8 Å². The Balaban J connectivity index is 0.00000180. The number of amides is 1. The van der Waals surface area contributed by atoms with Crippen molar-refractivity contribution in [2.24, 2.45) is 0 Å². The monoisotopic (exact) mass is 289 g/mol. The highest BCUT2D eigenvalue weighted by molar-refractivity contribution is 5.91. The summed E-state index contributed by atoms with van der Waals surface area (Å²) in [4.78, 5) is 23.5. The van der Waals surface area contributed by atoms with Crippen LogP contribution in [0.4, 0.5) is 5.88 Å². The normalized spacial score (nSPS) is 15.9. The highest BCUT2D eigenvalue weighted by Gasteiger charge is 2.26. The zero-order chi connectivity index (χ0) is 13.1. The van der Waals surface area contributed by atoms with Crippen LogP contribution >= 0.6 is 12.4 Å². The smallest absolute Gasteiger partial charge is 0.395 e. The van der Waals surface area contributed by atoms with Gasteiger partial charge in [-0.15, -0.1) is 12.4 Å². The Kier molecular flexibility index (Phi) is 5.31. The third-order valence-corrected chi connectivity index (χ3v) is 3.17. The van der Waals surface area contributed by atoms with Crippen LogP contribution in [0, 0.1) is 10.1 Å². The van der Waals surface area contributed by atoms with Gasteiger partial charge < -0.3 is 14.6 Å². The minimum atomic E-state index is -0.649. The van der Waals surface area contributed by atoms with Crippen LogP contribution < -0.4 is 5.32 Å². The maximum absolute atomic E-state index is 12.0. The van der Waals surface area contributed by atoms with Crippen molar-refractivity contribution in [2.45, 2.75) is 18.9 Å². The first-order valence-corrected chi connectivity index (χ1v) is 5.82. The number of piperidine rings is 1. The van der Waals surface area contributed by atoms with Gasteiger partial charge in [0.2, 0.25) is 0 Å². The van der Waals surface area contributed by atoms with Gasteiger partial charge in [-0.2, -0.15) is 0 Å². The molecule has 0 atom stereocenters. The summed E-state index contributed by atoms with van der Waals surface area (Å²) in [5.41, 5.74) is 0. The van der Waals surface area contributed by atoms with Gasteiger partial charge in [-0.25, -0.2) is 0 Å². The molecule has 0 aromatic carbocycles. The van der Waals surface area contributed by atoms with Crippen LogP contribution in [-0.2, 0) is 0 Å². The molecule has 1 amide bonds. The Bertz CT molecular complexity index is 455. The molecule has 1 aromatic heterocycles. The summed E-state index contributed by atoms with van der Waals surface area (Å²) >= 11 is 0. The number of furan rings is 1. The Morgan fingerprint density at radius 2 is 2.11 bits per heavy atom. The summed E-state index contributed by atoms with van der Waals surface area (Å²) in [5.74, 6) is -0.647. The lowest BCUT2D eigenvalue weighted by Crippen LogP contribution is -2.43. The molecule has 1 aliphatic heterocycles. The Morgan fingerprint density at radius 3 is 2.58 bits per heavy atom. The lowest BCUT2D eigenvalue weighted by Gasteiger charge is -2.31. The average molecular weight is 290 g/mol. The molecule has 106 valence electrons. The SMILES string of the molecule is CNC1CCN(C(=O)c2ccc([N+](=O)[O-])o2)CC1.Cl. The quantitative estimate of drug-likeness (QED) is 0.672. The molecule has 0 spiro atoms. The first kappa shape index (κ1) is 15.5. The van der Waals surface area contributed by atoms with Crippen molar-refractivity contribution in [3.63, 3.8) is 0 Å². The van der Waals surface area contributed by atoms with E-state index in [1.54, 1.807) is 4.90 Å². The standard InChI is InChI=1S/C11H15N3O4.ClH/c1-12-8-4-6-13(7-5-8)11(15)9-2-3-10(18-9)14(16)17;/h2-3,8,12H,4-7H2,1H3;1H. The second kappa shape index (κ2) is 6.53. The fourth-order valence-electron chi connectivity index (χ4n) is 2.07. The largest absolute Gasteiger partial charge is 0.433 e. The van der Waals surface area contributed by atoms with E-state index in [9.17, 15) is 14.9 Å². The van der Waals surface area contributed by atoms with E-state index in [2.05, 4.69) is 5.32 Å². The lowest BCUT2D eigenvalue weighted by atomic mass is 10.1. The number of hydrogen-bond acceptors (Lipinski definition) is 5. The molecule has 8 heteroatoms. The maximum atomic E-state index is 12.0. The van der Waals surface area contributed by atoms with Gasteiger partial charge in [0, 0.05) is 19.1 Å². The molecule has 1 N–H and O–H groups in total. The van der Waals surface area contributed by atoms with Gasteiger partial charge in [0.1, 0.15) is 4.92 Å². The van der Waals surface area contributed by atoms with Crippen LogP contribution in [0.2, 0.25) is 0 Å². The van der Waals surface area contributed by atoms with Crippen molar-refractivity contribution in [3.05, 3.63) is 28.0 Å². The number of hydrogen-bond donors (Lipinski definition) is 1. The molecule has 0 saturated carbocycles. The number of carbonyl (C=O) groups is 1. The second-order valence-corrected chi connectivity index (χ2v) is 4.25. The van der Waals surface area contributed by atoms with Crippen molar-refractivity contribution in [1.29, 1.82) is 0 Å². The van der Waals surface area contributed by atoms with Gasteiger partial charge in [-0.1, -0.05) is 0 Å². The molecule has 0 unspecified atom stereocenters. The van der Waals surface area contributed by atoms with Crippen molar-refractivity contribution in [1.82, 2.24) is 10.2 Å². The molecule has 0 aliphatic carbocycles. The third kappa shape index (κ3) is 3.45. The summed E-state index contributed by atoms with van der Waals surface area (Å²) in [6, 6.07) is 2.98. The topological polar surface area (TPSA) is 88.6 Å². The van der Waals surface area contributed by atoms with Crippen molar-refractivity contribution >= 4 is 24.2 Å². The summed E-state index contributed by atoms with van der Waals surface area (Å²) in [5, 5.41) is 13.6. The first-order chi connectivity index (χ1) is 8.61. The number of nitro groups is 1. The van der Waals surface area contributed by atoms with Gasteiger partial charge >= 0.3 is 5.88 Å². The van der Waals surface area contributed by atoms with Crippen molar-refractivity contribution in [3.8, 4) is 0 Å². The number of nitrogens with zero attached hydrogens (tertiary/aromatic N) is 2. The number of rotatable bonds is 3. The molecule has 1 saturated heterocycles. The summed E-state index contributed by atoms with van der Waals surface area (Å²) < 4.78 is 4.91. The number of nitrogens with one attached hydrogen (secondary N) is 1. The van der Waals surface area contributed by atoms with Crippen LogP contribution in [0.1, 0.15) is 23.4 Å². The van der Waals surface area contributed by atoms with Crippen LogP contribution in [0.5, 0.6) is 0 Å². The minimum absolute atomic E-state index is 0. The first-order valence-electron chi connectivity index (χ1n) is 5.82. The van der Waals surface area contributed by atoms with Crippen molar-refractivity contribution < 1.29 is 14.1 Å². The van der Waals surface area contributed by atoms with Gasteiger partial charge in [0.25, 0.3) is 5.91 Å². The summed E-state index contributed by atoms with van der Waals surface area (Å²) in [7, 11) is 1.90. The molecule has 2 heterocycles. The fourth-order valence-corrected chi connectivity index (χ4v) is 2.07. The predicted octanol–water partition coefficient (Wildman–Crippen LogP) is 1.43. The van der Waals surface area contributed by atoms with Gasteiger partial charge in [0.05, 0.1) is 6.07 Å². The molecular weight excluding hydrogens is 274 g/mol. The van der Waals surface area contributed by atoms with Gasteiger partial charge in [-0.05, 0) is 26.0 Å². The van der Waals surface area contributed by atoms with E-state index in [-0.39, 0.29) is 24.1 Å². The number of halogens is 1. The van der Waals surface area contributed by atoms with Crippen LogP contribution in [-0.4, -0.2) is 41.9 Å². The van der Waals surface area contributed by atoms with E-state index in [1.807, 2.05) is 7.05 Å². The Hall–Kier alpha value is -1.60. The molecular formula is C11H16ClN3O4. The molecule has 1 fully saturated rings. The fraction of sp³-hybridized carbons (Fsp3) is 0.545. The third-order valence-electron chi connectivity index (χ3n) is 3.17. The lowest BCUT2D eigenvalue weighted by molar-refractivity contribution is -0.402. The zero-order valence-corrected chi connectivity index (χ0v) is 11.3. The maximum Gasteiger partial charge on any atom is 0.433 e. The predicted molar refractivity (Wildman–Crippen MR) is 70.6 cm³/mol. The van der Waals surface area contributed by atoms with E-state index < -0.39 is 10.8 Å². The average Bonchev–Trinajstić information content (AvgIpc) is 2.88. The van der Waals surface area contributed by atoms with Crippen LogP contribution in [0.15, 0.2) is 16.5 Å². The molecule has 19 heavy (non-hydrogen) atoms. The molecule has 1 aromatic rings. The molecule has 7 nitrogen and oxygen atoms in total. The zero-order valence-electron chi connectivity index (χ0n) is 10.5. The van der Waals surface area contributed by atoms with Gasteiger partial charge in [0.15, 0.2) is 5.76 Å².